The highest BCUT2D eigenvalue weighted by atomic mass is 16.4. The molecule has 0 heterocycles. The Balaban J connectivity index is 4.12. The van der Waals surface area contributed by atoms with Gasteiger partial charge in [-0.1, -0.05) is 20.8 Å². The Morgan fingerprint density at radius 3 is 2.06 bits per heavy atom. The second-order valence-corrected chi connectivity index (χ2v) is 4.63. The number of carboxylic acids is 1. The summed E-state index contributed by atoms with van der Waals surface area (Å²) >= 11 is 0. The fraction of sp³-hybridized carbons (Fsp3) is 0.818. The van der Waals surface area contributed by atoms with Crippen LogP contribution in [-0.4, -0.2) is 40.9 Å². The van der Waals surface area contributed by atoms with E-state index in [0.717, 1.165) is 0 Å². The zero-order valence-corrected chi connectivity index (χ0v) is 10.7. The molecular formula is C11H22N2O4. The molecule has 17 heavy (non-hydrogen) atoms. The molecule has 100 valence electrons. The predicted octanol–water partition coefficient (Wildman–Crippen LogP) is 0.412. The molecule has 0 bridgehead atoms. The van der Waals surface area contributed by atoms with Crippen LogP contribution in [-0.2, 0) is 4.79 Å². The Kier molecular flexibility index (Phi) is 6.57. The van der Waals surface area contributed by atoms with Crippen molar-refractivity contribution in [2.24, 2.45) is 11.8 Å². The molecule has 0 saturated heterocycles. The molecule has 0 aliphatic rings. The molecule has 0 aliphatic heterocycles. The van der Waals surface area contributed by atoms with E-state index in [2.05, 4.69) is 10.6 Å². The van der Waals surface area contributed by atoms with Gasteiger partial charge in [-0.05, 0) is 18.8 Å². The number of aliphatic carboxylic acids is 1. The van der Waals surface area contributed by atoms with Gasteiger partial charge in [-0.15, -0.1) is 0 Å². The van der Waals surface area contributed by atoms with Gasteiger partial charge in [0, 0.05) is 6.54 Å². The third-order valence-electron chi connectivity index (χ3n) is 2.76. The number of carboxylic acid groups (broad SMARTS) is 1. The average molecular weight is 246 g/mol. The van der Waals surface area contributed by atoms with E-state index in [1.54, 1.807) is 0 Å². The van der Waals surface area contributed by atoms with Crippen molar-refractivity contribution in [3.63, 3.8) is 0 Å². The molecular weight excluding hydrogens is 224 g/mol. The zero-order valence-electron chi connectivity index (χ0n) is 10.7. The van der Waals surface area contributed by atoms with Crippen LogP contribution in [0.25, 0.3) is 0 Å². The summed E-state index contributed by atoms with van der Waals surface area (Å²) in [5.41, 5.74) is 0. The lowest BCUT2D eigenvalue weighted by Gasteiger charge is -2.20. The standard InChI is InChI=1S/C11H22N2O4/c1-6(2)7(3)5-12-11(17)13-9(8(4)14)10(15)16/h6-9,14H,5H2,1-4H3,(H,15,16)(H2,12,13,17). The van der Waals surface area contributed by atoms with Crippen LogP contribution in [0.2, 0.25) is 0 Å². The number of nitrogens with one attached hydrogen (secondary N) is 2. The van der Waals surface area contributed by atoms with Crippen LogP contribution >= 0.6 is 0 Å². The fourth-order valence-corrected chi connectivity index (χ4v) is 1.07. The highest BCUT2D eigenvalue weighted by Gasteiger charge is 2.24. The summed E-state index contributed by atoms with van der Waals surface area (Å²) in [4.78, 5) is 22.1. The van der Waals surface area contributed by atoms with Crippen LogP contribution in [0.5, 0.6) is 0 Å². The van der Waals surface area contributed by atoms with Gasteiger partial charge in [0.25, 0.3) is 0 Å². The maximum absolute atomic E-state index is 11.4. The number of carbonyl (C=O) groups excluding carboxylic acids is 1. The second-order valence-electron chi connectivity index (χ2n) is 4.63. The normalized spacial score (nSPS) is 16.1. The molecule has 3 unspecified atom stereocenters. The van der Waals surface area contributed by atoms with Crippen molar-refractivity contribution in [2.45, 2.75) is 39.8 Å². The number of hydrogen-bond acceptors (Lipinski definition) is 3. The zero-order chi connectivity index (χ0) is 13.6. The molecule has 4 N–H and O–H groups in total. The SMILES string of the molecule is CC(C)C(C)CNC(=O)NC(C(=O)O)C(C)O. The van der Waals surface area contributed by atoms with Gasteiger partial charge in [-0.3, -0.25) is 0 Å². The maximum atomic E-state index is 11.4. The quantitative estimate of drug-likeness (QED) is 0.545. The lowest BCUT2D eigenvalue weighted by molar-refractivity contribution is -0.141. The van der Waals surface area contributed by atoms with Crippen molar-refractivity contribution in [1.29, 1.82) is 0 Å². The van der Waals surface area contributed by atoms with Gasteiger partial charge in [-0.25, -0.2) is 9.59 Å². The highest BCUT2D eigenvalue weighted by molar-refractivity contribution is 5.82. The first-order valence-corrected chi connectivity index (χ1v) is 5.71. The minimum Gasteiger partial charge on any atom is -0.480 e. The van der Waals surface area contributed by atoms with Gasteiger partial charge in [0.1, 0.15) is 0 Å². The van der Waals surface area contributed by atoms with E-state index in [4.69, 9.17) is 5.11 Å². The Morgan fingerprint density at radius 1 is 1.18 bits per heavy atom. The molecule has 6 nitrogen and oxygen atoms in total. The van der Waals surface area contributed by atoms with Crippen molar-refractivity contribution in [3.8, 4) is 0 Å². The van der Waals surface area contributed by atoms with E-state index >= 15 is 0 Å². The highest BCUT2D eigenvalue weighted by Crippen LogP contribution is 2.07. The second kappa shape index (κ2) is 7.11. The van der Waals surface area contributed by atoms with Crippen molar-refractivity contribution in [3.05, 3.63) is 0 Å². The molecule has 2 amide bonds. The van der Waals surface area contributed by atoms with E-state index in [1.165, 1.54) is 6.92 Å². The summed E-state index contributed by atoms with van der Waals surface area (Å²) in [5, 5.41) is 22.7. The van der Waals surface area contributed by atoms with Crippen molar-refractivity contribution in [2.75, 3.05) is 6.54 Å². The summed E-state index contributed by atoms with van der Waals surface area (Å²) in [6.07, 6.45) is -1.14. The van der Waals surface area contributed by atoms with Gasteiger partial charge < -0.3 is 20.8 Å². The third-order valence-corrected chi connectivity index (χ3v) is 2.76. The number of aliphatic hydroxyl groups excluding tert-OH is 1. The smallest absolute Gasteiger partial charge is 0.328 e. The minimum atomic E-state index is -1.29. The predicted molar refractivity (Wildman–Crippen MR) is 63.6 cm³/mol. The Labute approximate surface area is 101 Å². The monoisotopic (exact) mass is 246 g/mol. The fourth-order valence-electron chi connectivity index (χ4n) is 1.07. The van der Waals surface area contributed by atoms with E-state index < -0.39 is 24.1 Å². The van der Waals surface area contributed by atoms with E-state index in [-0.39, 0.29) is 0 Å². The van der Waals surface area contributed by atoms with E-state index in [0.29, 0.717) is 18.4 Å². The van der Waals surface area contributed by atoms with Crippen LogP contribution in [0.15, 0.2) is 0 Å². The third kappa shape index (κ3) is 6.11. The van der Waals surface area contributed by atoms with Crippen LogP contribution in [0.1, 0.15) is 27.7 Å². The topological polar surface area (TPSA) is 98.7 Å². The van der Waals surface area contributed by atoms with E-state index in [9.17, 15) is 14.7 Å². The molecule has 0 saturated carbocycles. The van der Waals surface area contributed by atoms with Crippen LogP contribution in [0, 0.1) is 11.8 Å². The molecule has 0 radical (unpaired) electrons. The van der Waals surface area contributed by atoms with Crippen molar-refractivity contribution in [1.82, 2.24) is 10.6 Å². The first-order chi connectivity index (χ1) is 7.75. The Bertz CT molecular complexity index is 266. The summed E-state index contributed by atoms with van der Waals surface area (Å²) in [6, 6.07) is -1.87. The van der Waals surface area contributed by atoms with Crippen LogP contribution in [0.3, 0.4) is 0 Å². The largest absolute Gasteiger partial charge is 0.480 e. The molecule has 0 aromatic carbocycles. The van der Waals surface area contributed by atoms with Crippen molar-refractivity contribution < 1.29 is 19.8 Å². The number of amides is 2. The van der Waals surface area contributed by atoms with Gasteiger partial charge >= 0.3 is 12.0 Å². The van der Waals surface area contributed by atoms with E-state index in [1.807, 2.05) is 20.8 Å². The molecule has 0 aromatic rings. The number of rotatable bonds is 6. The summed E-state index contributed by atoms with van der Waals surface area (Å²) in [5.74, 6) is -0.523. The Morgan fingerprint density at radius 2 is 1.71 bits per heavy atom. The van der Waals surface area contributed by atoms with Gasteiger partial charge in [0.05, 0.1) is 6.10 Å². The number of carbonyl (C=O) groups is 2. The van der Waals surface area contributed by atoms with Crippen molar-refractivity contribution >= 4 is 12.0 Å². The van der Waals surface area contributed by atoms with Gasteiger partial charge in [0.15, 0.2) is 6.04 Å². The Hall–Kier alpha value is -1.30. The first kappa shape index (κ1) is 15.7. The first-order valence-electron chi connectivity index (χ1n) is 5.71. The molecule has 0 aliphatic carbocycles. The lowest BCUT2D eigenvalue weighted by atomic mass is 9.98. The van der Waals surface area contributed by atoms with Gasteiger partial charge in [-0.2, -0.15) is 0 Å². The lowest BCUT2D eigenvalue weighted by Crippen LogP contribution is -2.51. The number of hydrogen-bond donors (Lipinski definition) is 4. The number of urea groups is 1. The molecule has 3 atom stereocenters. The average Bonchev–Trinajstić information content (AvgIpc) is 2.21. The summed E-state index contributed by atoms with van der Waals surface area (Å²) in [7, 11) is 0. The molecule has 6 heteroatoms. The molecule has 0 spiro atoms. The van der Waals surface area contributed by atoms with Crippen LogP contribution in [0.4, 0.5) is 4.79 Å². The summed E-state index contributed by atoms with van der Waals surface area (Å²) in [6.45, 7) is 7.86. The minimum absolute atomic E-state index is 0.301. The number of aliphatic hydroxyl groups is 1. The molecule has 0 rings (SSSR count). The van der Waals surface area contributed by atoms with Crippen LogP contribution < -0.4 is 10.6 Å². The molecule has 0 fully saturated rings. The maximum Gasteiger partial charge on any atom is 0.328 e. The summed E-state index contributed by atoms with van der Waals surface area (Å²) < 4.78 is 0. The van der Waals surface area contributed by atoms with Gasteiger partial charge in [0.2, 0.25) is 0 Å². The molecule has 0 aromatic heterocycles.